The van der Waals surface area contributed by atoms with Crippen LogP contribution < -0.4 is 0 Å². The molecule has 124 valence electrons. The second-order valence-corrected chi connectivity index (χ2v) is 6.26. The third-order valence-electron chi connectivity index (χ3n) is 3.66. The predicted molar refractivity (Wildman–Crippen MR) is 91.4 cm³/mol. The molecule has 0 bridgehead atoms. The summed E-state index contributed by atoms with van der Waals surface area (Å²) >= 11 is 0. The van der Waals surface area contributed by atoms with E-state index in [1.807, 2.05) is 6.08 Å². The maximum Gasteiger partial charge on any atom is 0.334 e. The number of esters is 1. The van der Waals surface area contributed by atoms with E-state index in [0.717, 1.165) is 19.3 Å². The van der Waals surface area contributed by atoms with Gasteiger partial charge in [-0.05, 0) is 39.5 Å². The SMILES string of the molecule is C#CCOC(=O)/C(C)=C/C=C/CC(C)CCCC(C)(C)OC. The van der Waals surface area contributed by atoms with Gasteiger partial charge in [0, 0.05) is 12.7 Å². The van der Waals surface area contributed by atoms with Crippen LogP contribution >= 0.6 is 0 Å². The third kappa shape index (κ3) is 10.2. The van der Waals surface area contributed by atoms with E-state index in [4.69, 9.17) is 15.9 Å². The molecular weight excluding hydrogens is 276 g/mol. The molecule has 3 nitrogen and oxygen atoms in total. The fraction of sp³-hybridized carbons (Fsp3) is 0.632. The number of hydrogen-bond acceptors (Lipinski definition) is 3. The van der Waals surface area contributed by atoms with Crippen molar-refractivity contribution in [1.29, 1.82) is 0 Å². The number of allylic oxidation sites excluding steroid dienone is 3. The lowest BCUT2D eigenvalue weighted by atomic mass is 9.95. The number of carbonyl (C=O) groups is 1. The van der Waals surface area contributed by atoms with Gasteiger partial charge in [-0.1, -0.05) is 43.9 Å². The van der Waals surface area contributed by atoms with E-state index in [9.17, 15) is 4.79 Å². The third-order valence-corrected chi connectivity index (χ3v) is 3.66. The minimum absolute atomic E-state index is 0.0165. The Morgan fingerprint density at radius 1 is 1.41 bits per heavy atom. The summed E-state index contributed by atoms with van der Waals surface area (Å²) in [4.78, 5) is 11.5. The van der Waals surface area contributed by atoms with E-state index in [1.54, 1.807) is 20.1 Å². The Labute approximate surface area is 135 Å². The summed E-state index contributed by atoms with van der Waals surface area (Å²) in [5.74, 6) is 2.53. The molecule has 0 heterocycles. The quantitative estimate of drug-likeness (QED) is 0.261. The van der Waals surface area contributed by atoms with Crippen molar-refractivity contribution in [2.24, 2.45) is 5.92 Å². The van der Waals surface area contributed by atoms with Crippen LogP contribution in [-0.4, -0.2) is 25.3 Å². The first-order valence-electron chi connectivity index (χ1n) is 7.81. The van der Waals surface area contributed by atoms with E-state index in [1.165, 1.54) is 6.42 Å². The average Bonchev–Trinajstić information content (AvgIpc) is 2.48. The zero-order chi connectivity index (χ0) is 17.0. The molecule has 22 heavy (non-hydrogen) atoms. The summed E-state index contributed by atoms with van der Waals surface area (Å²) in [5.41, 5.74) is 0.523. The number of ether oxygens (including phenoxy) is 2. The first-order valence-corrected chi connectivity index (χ1v) is 7.81. The van der Waals surface area contributed by atoms with Crippen molar-refractivity contribution < 1.29 is 14.3 Å². The van der Waals surface area contributed by atoms with Gasteiger partial charge in [-0.25, -0.2) is 4.79 Å². The van der Waals surface area contributed by atoms with Crippen molar-refractivity contribution in [3.63, 3.8) is 0 Å². The van der Waals surface area contributed by atoms with Crippen LogP contribution in [0.3, 0.4) is 0 Å². The predicted octanol–water partition coefficient (Wildman–Crippen LogP) is 4.29. The molecule has 0 aliphatic heterocycles. The molecule has 0 saturated heterocycles. The molecule has 1 unspecified atom stereocenters. The molecule has 0 aromatic carbocycles. The number of rotatable bonds is 10. The van der Waals surface area contributed by atoms with Gasteiger partial charge >= 0.3 is 5.97 Å². The summed E-state index contributed by atoms with van der Waals surface area (Å²) < 4.78 is 10.3. The molecule has 0 aliphatic rings. The first-order chi connectivity index (χ1) is 10.3. The largest absolute Gasteiger partial charge is 0.449 e. The molecule has 0 spiro atoms. The summed E-state index contributed by atoms with van der Waals surface area (Å²) in [6, 6.07) is 0. The van der Waals surface area contributed by atoms with Gasteiger partial charge in [0.15, 0.2) is 6.61 Å². The fourth-order valence-electron chi connectivity index (χ4n) is 1.91. The molecular formula is C19H30O3. The van der Waals surface area contributed by atoms with Crippen molar-refractivity contribution >= 4 is 5.97 Å². The summed E-state index contributed by atoms with van der Waals surface area (Å²) in [7, 11) is 1.76. The Balaban J connectivity index is 4.01. The molecule has 0 aromatic rings. The van der Waals surface area contributed by atoms with E-state index in [2.05, 4.69) is 32.8 Å². The second kappa shape index (κ2) is 11.1. The monoisotopic (exact) mass is 306 g/mol. The van der Waals surface area contributed by atoms with Gasteiger partial charge in [0.2, 0.25) is 0 Å². The molecule has 0 N–H and O–H groups in total. The van der Waals surface area contributed by atoms with Gasteiger partial charge in [0.1, 0.15) is 0 Å². The molecule has 3 heteroatoms. The Morgan fingerprint density at radius 2 is 2.09 bits per heavy atom. The van der Waals surface area contributed by atoms with Gasteiger partial charge in [-0.3, -0.25) is 0 Å². The van der Waals surface area contributed by atoms with Crippen molar-refractivity contribution in [3.05, 3.63) is 23.8 Å². The highest BCUT2D eigenvalue weighted by atomic mass is 16.5. The Bertz CT molecular complexity index is 424. The topological polar surface area (TPSA) is 35.5 Å². The molecule has 0 amide bonds. The molecule has 0 saturated carbocycles. The van der Waals surface area contributed by atoms with Crippen LogP contribution in [0.4, 0.5) is 0 Å². The lowest BCUT2D eigenvalue weighted by Crippen LogP contribution is -2.22. The van der Waals surface area contributed by atoms with E-state index >= 15 is 0 Å². The molecule has 0 fully saturated rings. The van der Waals surface area contributed by atoms with E-state index in [-0.39, 0.29) is 18.2 Å². The average molecular weight is 306 g/mol. The molecule has 0 aliphatic carbocycles. The molecule has 0 aromatic heterocycles. The number of hydrogen-bond donors (Lipinski definition) is 0. The Morgan fingerprint density at radius 3 is 2.68 bits per heavy atom. The van der Waals surface area contributed by atoms with Crippen LogP contribution in [0.1, 0.15) is 53.4 Å². The lowest BCUT2D eigenvalue weighted by Gasteiger charge is -2.23. The minimum Gasteiger partial charge on any atom is -0.449 e. The lowest BCUT2D eigenvalue weighted by molar-refractivity contribution is -0.137. The van der Waals surface area contributed by atoms with Crippen molar-refractivity contribution in [2.45, 2.75) is 59.0 Å². The van der Waals surface area contributed by atoms with Crippen molar-refractivity contribution in [3.8, 4) is 12.3 Å². The second-order valence-electron chi connectivity index (χ2n) is 6.26. The highest BCUT2D eigenvalue weighted by molar-refractivity contribution is 5.88. The van der Waals surface area contributed by atoms with Gasteiger partial charge < -0.3 is 9.47 Å². The summed E-state index contributed by atoms with van der Waals surface area (Å²) in [6.07, 6.45) is 15.2. The molecule has 0 rings (SSSR count). The molecule has 0 radical (unpaired) electrons. The van der Waals surface area contributed by atoms with Crippen LogP contribution in [-0.2, 0) is 14.3 Å². The Kier molecular flexibility index (Phi) is 10.3. The highest BCUT2D eigenvalue weighted by Crippen LogP contribution is 2.20. The van der Waals surface area contributed by atoms with Crippen molar-refractivity contribution in [2.75, 3.05) is 13.7 Å². The maximum atomic E-state index is 11.5. The van der Waals surface area contributed by atoms with Gasteiger partial charge in [-0.15, -0.1) is 6.42 Å². The summed E-state index contributed by atoms with van der Waals surface area (Å²) in [5, 5.41) is 0. The maximum absolute atomic E-state index is 11.5. The first kappa shape index (κ1) is 20.5. The normalized spacial score (nSPS) is 13.9. The number of methoxy groups -OCH3 is 1. The zero-order valence-corrected chi connectivity index (χ0v) is 14.6. The van der Waals surface area contributed by atoms with Crippen LogP contribution in [0.2, 0.25) is 0 Å². The smallest absolute Gasteiger partial charge is 0.334 e. The van der Waals surface area contributed by atoms with E-state index in [0.29, 0.717) is 11.5 Å². The number of carbonyl (C=O) groups excluding carboxylic acids is 1. The highest BCUT2D eigenvalue weighted by Gasteiger charge is 2.15. The zero-order valence-electron chi connectivity index (χ0n) is 14.6. The van der Waals surface area contributed by atoms with E-state index < -0.39 is 0 Å². The number of terminal acetylenes is 1. The van der Waals surface area contributed by atoms with Gasteiger partial charge in [-0.2, -0.15) is 0 Å². The summed E-state index contributed by atoms with van der Waals surface area (Å²) in [6.45, 7) is 8.21. The van der Waals surface area contributed by atoms with Gasteiger partial charge in [0.05, 0.1) is 5.60 Å². The standard InChI is InChI=1S/C19H30O3/c1-7-15-22-18(20)17(3)13-9-8-11-16(2)12-10-14-19(4,5)21-6/h1,8-9,13,16H,10-12,14-15H2,2-6H3/b9-8+,17-13+. The molecule has 1 atom stereocenters. The van der Waals surface area contributed by atoms with Crippen LogP contribution in [0.25, 0.3) is 0 Å². The Hall–Kier alpha value is -1.53. The van der Waals surface area contributed by atoms with Crippen LogP contribution in [0, 0.1) is 18.3 Å². The van der Waals surface area contributed by atoms with Crippen molar-refractivity contribution in [1.82, 2.24) is 0 Å². The minimum atomic E-state index is -0.363. The van der Waals surface area contributed by atoms with Crippen LogP contribution in [0.15, 0.2) is 23.8 Å². The van der Waals surface area contributed by atoms with Crippen LogP contribution in [0.5, 0.6) is 0 Å². The fourth-order valence-corrected chi connectivity index (χ4v) is 1.91. The van der Waals surface area contributed by atoms with Gasteiger partial charge in [0.25, 0.3) is 0 Å².